The van der Waals surface area contributed by atoms with Gasteiger partial charge in [0.15, 0.2) is 5.75 Å². The summed E-state index contributed by atoms with van der Waals surface area (Å²) in [6.07, 6.45) is 0.964. The molecule has 0 aliphatic carbocycles. The molecule has 78 valence electrons. The van der Waals surface area contributed by atoms with Crippen LogP contribution in [0.2, 0.25) is 0 Å². The average molecular weight is 206 g/mol. The van der Waals surface area contributed by atoms with Gasteiger partial charge in [-0.15, -0.1) is 0 Å². The van der Waals surface area contributed by atoms with Crippen molar-refractivity contribution in [3.8, 4) is 11.8 Å². The maximum atomic E-state index is 10.6. The molecular formula is C10H10N2O3. The van der Waals surface area contributed by atoms with Crippen LogP contribution in [-0.2, 0) is 6.42 Å². The van der Waals surface area contributed by atoms with E-state index < -0.39 is 4.92 Å². The summed E-state index contributed by atoms with van der Waals surface area (Å²) in [6.45, 7) is 0. The van der Waals surface area contributed by atoms with E-state index >= 15 is 0 Å². The van der Waals surface area contributed by atoms with Gasteiger partial charge in [0.2, 0.25) is 0 Å². The summed E-state index contributed by atoms with van der Waals surface area (Å²) in [6, 6.07) is 6.64. The Hall–Kier alpha value is -2.09. The molecule has 0 fully saturated rings. The van der Waals surface area contributed by atoms with Gasteiger partial charge in [0.25, 0.3) is 0 Å². The maximum Gasteiger partial charge on any atom is 0.310 e. The van der Waals surface area contributed by atoms with Gasteiger partial charge in [-0.1, -0.05) is 6.07 Å². The molecule has 0 spiro atoms. The first-order chi connectivity index (χ1) is 7.19. The highest BCUT2D eigenvalue weighted by atomic mass is 16.6. The minimum atomic E-state index is -0.493. The first kappa shape index (κ1) is 11.0. The van der Waals surface area contributed by atoms with E-state index in [0.717, 1.165) is 5.56 Å². The highest BCUT2D eigenvalue weighted by Crippen LogP contribution is 2.27. The SMILES string of the molecule is COc1cc(CCC#N)ccc1[N+](=O)[O-]. The molecule has 1 aromatic rings. The lowest BCUT2D eigenvalue weighted by molar-refractivity contribution is -0.385. The quantitative estimate of drug-likeness (QED) is 0.558. The molecule has 0 saturated carbocycles. The molecule has 0 amide bonds. The summed E-state index contributed by atoms with van der Waals surface area (Å²) in [5.74, 6) is 0.232. The number of aryl methyl sites for hydroxylation is 1. The molecule has 0 N–H and O–H groups in total. The molecule has 1 rings (SSSR count). The van der Waals surface area contributed by atoms with Crippen LogP contribution >= 0.6 is 0 Å². The fourth-order valence-electron chi connectivity index (χ4n) is 1.23. The first-order valence-electron chi connectivity index (χ1n) is 4.37. The molecule has 5 nitrogen and oxygen atoms in total. The van der Waals surface area contributed by atoms with Crippen molar-refractivity contribution in [3.05, 3.63) is 33.9 Å². The minimum absolute atomic E-state index is 0.0572. The molecule has 0 bridgehead atoms. The Morgan fingerprint density at radius 2 is 2.33 bits per heavy atom. The summed E-state index contributed by atoms with van der Waals surface area (Å²) in [5, 5.41) is 19.0. The normalized spacial score (nSPS) is 9.33. The lowest BCUT2D eigenvalue weighted by Crippen LogP contribution is -1.95. The number of nitro benzene ring substituents is 1. The van der Waals surface area contributed by atoms with Crippen LogP contribution in [0.3, 0.4) is 0 Å². The molecule has 0 radical (unpaired) electrons. The van der Waals surface area contributed by atoms with Crippen molar-refractivity contribution in [1.29, 1.82) is 5.26 Å². The van der Waals surface area contributed by atoms with Gasteiger partial charge in [-0.2, -0.15) is 5.26 Å². The number of methoxy groups -OCH3 is 1. The molecular weight excluding hydrogens is 196 g/mol. The molecule has 0 heterocycles. The number of hydrogen-bond donors (Lipinski definition) is 0. The van der Waals surface area contributed by atoms with Crippen molar-refractivity contribution in [1.82, 2.24) is 0 Å². The first-order valence-corrected chi connectivity index (χ1v) is 4.37. The number of ether oxygens (including phenoxy) is 1. The number of hydrogen-bond acceptors (Lipinski definition) is 4. The van der Waals surface area contributed by atoms with E-state index in [-0.39, 0.29) is 11.4 Å². The second-order valence-corrected chi connectivity index (χ2v) is 2.92. The third-order valence-corrected chi connectivity index (χ3v) is 1.97. The van der Waals surface area contributed by atoms with Crippen molar-refractivity contribution < 1.29 is 9.66 Å². The van der Waals surface area contributed by atoms with Crippen molar-refractivity contribution in [2.24, 2.45) is 0 Å². The number of nitriles is 1. The van der Waals surface area contributed by atoms with E-state index in [1.165, 1.54) is 13.2 Å². The summed E-state index contributed by atoms with van der Waals surface area (Å²) in [7, 11) is 1.39. The van der Waals surface area contributed by atoms with E-state index in [4.69, 9.17) is 10.00 Å². The third kappa shape index (κ3) is 2.68. The standard InChI is InChI=1S/C10H10N2O3/c1-15-10-7-8(3-2-6-11)4-5-9(10)12(13)14/h4-5,7H,2-3H2,1H3. The van der Waals surface area contributed by atoms with Gasteiger partial charge in [0.1, 0.15) is 0 Å². The lowest BCUT2D eigenvalue weighted by Gasteiger charge is -2.03. The predicted molar refractivity (Wildman–Crippen MR) is 53.6 cm³/mol. The topological polar surface area (TPSA) is 76.2 Å². The molecule has 1 aromatic carbocycles. The van der Waals surface area contributed by atoms with E-state index in [0.29, 0.717) is 12.8 Å². The summed E-state index contributed by atoms with van der Waals surface area (Å²) >= 11 is 0. The summed E-state index contributed by atoms with van der Waals surface area (Å²) in [5.41, 5.74) is 0.803. The Bertz CT molecular complexity index is 410. The van der Waals surface area contributed by atoms with Crippen molar-refractivity contribution in [2.75, 3.05) is 7.11 Å². The number of rotatable bonds is 4. The number of nitrogens with zero attached hydrogens (tertiary/aromatic N) is 2. The van der Waals surface area contributed by atoms with Crippen LogP contribution in [0, 0.1) is 21.4 Å². The Morgan fingerprint density at radius 1 is 1.60 bits per heavy atom. The predicted octanol–water partition coefficient (Wildman–Crippen LogP) is 2.06. The zero-order valence-electron chi connectivity index (χ0n) is 8.27. The fourth-order valence-corrected chi connectivity index (χ4v) is 1.23. The number of benzene rings is 1. The van der Waals surface area contributed by atoms with E-state index in [2.05, 4.69) is 0 Å². The van der Waals surface area contributed by atoms with Gasteiger partial charge < -0.3 is 4.74 Å². The van der Waals surface area contributed by atoms with Crippen LogP contribution in [0.5, 0.6) is 5.75 Å². The van der Waals surface area contributed by atoms with Crippen LogP contribution < -0.4 is 4.74 Å². The average Bonchev–Trinajstić information content (AvgIpc) is 2.25. The van der Waals surface area contributed by atoms with Crippen molar-refractivity contribution in [2.45, 2.75) is 12.8 Å². The zero-order chi connectivity index (χ0) is 11.3. The summed E-state index contributed by atoms with van der Waals surface area (Å²) < 4.78 is 4.90. The zero-order valence-corrected chi connectivity index (χ0v) is 8.27. The summed E-state index contributed by atoms with van der Waals surface area (Å²) in [4.78, 5) is 10.1. The van der Waals surface area contributed by atoms with Crippen molar-refractivity contribution in [3.63, 3.8) is 0 Å². The lowest BCUT2D eigenvalue weighted by atomic mass is 10.1. The molecule has 0 atom stereocenters. The van der Waals surface area contributed by atoms with Gasteiger partial charge in [0.05, 0.1) is 18.1 Å². The fraction of sp³-hybridized carbons (Fsp3) is 0.300. The van der Waals surface area contributed by atoms with Gasteiger partial charge in [-0.05, 0) is 18.1 Å². The van der Waals surface area contributed by atoms with Gasteiger partial charge in [-0.25, -0.2) is 0 Å². The second kappa shape index (κ2) is 4.96. The van der Waals surface area contributed by atoms with Gasteiger partial charge in [-0.3, -0.25) is 10.1 Å². The Labute approximate surface area is 87.1 Å². The van der Waals surface area contributed by atoms with Gasteiger partial charge in [0, 0.05) is 12.5 Å². The second-order valence-electron chi connectivity index (χ2n) is 2.92. The van der Waals surface area contributed by atoms with E-state index in [1.807, 2.05) is 6.07 Å². The molecule has 5 heteroatoms. The highest BCUT2D eigenvalue weighted by Gasteiger charge is 2.14. The molecule has 0 unspecified atom stereocenters. The number of nitro groups is 1. The van der Waals surface area contributed by atoms with Gasteiger partial charge >= 0.3 is 5.69 Å². The smallest absolute Gasteiger partial charge is 0.310 e. The Balaban J connectivity index is 2.98. The van der Waals surface area contributed by atoms with Crippen LogP contribution in [0.15, 0.2) is 18.2 Å². The Kier molecular flexibility index (Phi) is 3.63. The van der Waals surface area contributed by atoms with Crippen LogP contribution in [0.4, 0.5) is 5.69 Å². The van der Waals surface area contributed by atoms with E-state index in [1.54, 1.807) is 12.1 Å². The highest BCUT2D eigenvalue weighted by molar-refractivity contribution is 5.48. The van der Waals surface area contributed by atoms with E-state index in [9.17, 15) is 10.1 Å². The monoisotopic (exact) mass is 206 g/mol. The van der Waals surface area contributed by atoms with Crippen molar-refractivity contribution >= 4 is 5.69 Å². The largest absolute Gasteiger partial charge is 0.490 e. The minimum Gasteiger partial charge on any atom is -0.490 e. The molecule has 0 aliphatic heterocycles. The van der Waals surface area contributed by atoms with Crippen LogP contribution in [0.1, 0.15) is 12.0 Å². The Morgan fingerprint density at radius 3 is 2.87 bits per heavy atom. The molecule has 0 aromatic heterocycles. The molecule has 0 aliphatic rings. The third-order valence-electron chi connectivity index (χ3n) is 1.97. The maximum absolute atomic E-state index is 10.6. The molecule has 0 saturated heterocycles. The van der Waals surface area contributed by atoms with Crippen LogP contribution in [-0.4, -0.2) is 12.0 Å². The van der Waals surface area contributed by atoms with Crippen LogP contribution in [0.25, 0.3) is 0 Å². The molecule has 15 heavy (non-hydrogen) atoms.